The lowest BCUT2D eigenvalue weighted by atomic mass is 10.0. The molecule has 0 saturated carbocycles. The Hall–Kier alpha value is -2.93. The second-order valence-electron chi connectivity index (χ2n) is 5.61. The van der Waals surface area contributed by atoms with Crippen LogP contribution in [-0.4, -0.2) is 35.3 Å². The van der Waals surface area contributed by atoms with Gasteiger partial charge in [0, 0.05) is 29.9 Å². The van der Waals surface area contributed by atoms with E-state index in [1.165, 1.54) is 11.0 Å². The molecule has 24 heavy (non-hydrogen) atoms. The fraction of sp³-hybridized carbons (Fsp3) is 0.176. The zero-order valence-electron chi connectivity index (χ0n) is 12.7. The Morgan fingerprint density at radius 2 is 2.21 bits per heavy atom. The molecule has 7 heteroatoms. The number of hydrogen-bond donors (Lipinski definition) is 2. The Morgan fingerprint density at radius 3 is 2.96 bits per heavy atom. The first-order chi connectivity index (χ1) is 11.7. The first-order valence-electron chi connectivity index (χ1n) is 7.57. The number of nitrogens with one attached hydrogen (secondary N) is 1. The number of H-pyrrole nitrogens is 1. The molecular formula is C17H15FN4O2. The molecular weight excluding hydrogens is 311 g/mol. The predicted octanol–water partition coefficient (Wildman–Crippen LogP) is 2.65. The minimum atomic E-state index is -0.505. The van der Waals surface area contributed by atoms with E-state index < -0.39 is 11.9 Å². The predicted molar refractivity (Wildman–Crippen MR) is 88.2 cm³/mol. The van der Waals surface area contributed by atoms with Crippen LogP contribution in [0.15, 0.2) is 42.7 Å². The monoisotopic (exact) mass is 326 g/mol. The molecule has 4 rings (SSSR count). The van der Waals surface area contributed by atoms with Gasteiger partial charge in [0.05, 0.1) is 12.2 Å². The summed E-state index contributed by atoms with van der Waals surface area (Å²) < 4.78 is 19.8. The minimum absolute atomic E-state index is 0.241. The number of cyclic esters (lactones) is 1. The van der Waals surface area contributed by atoms with Gasteiger partial charge in [-0.05, 0) is 35.9 Å². The number of nitrogens with zero attached hydrogens (tertiary/aromatic N) is 2. The van der Waals surface area contributed by atoms with Crippen LogP contribution in [-0.2, 0) is 4.74 Å². The van der Waals surface area contributed by atoms with E-state index in [0.29, 0.717) is 23.4 Å². The molecule has 6 nitrogen and oxygen atoms in total. The van der Waals surface area contributed by atoms with Gasteiger partial charge in [0.2, 0.25) is 0 Å². The molecule has 1 aliphatic heterocycles. The Kier molecular flexibility index (Phi) is 3.42. The number of aromatic nitrogens is 2. The summed E-state index contributed by atoms with van der Waals surface area (Å²) in [5.74, 6) is -0.412. The van der Waals surface area contributed by atoms with Crippen molar-refractivity contribution in [2.75, 3.05) is 18.0 Å². The fourth-order valence-electron chi connectivity index (χ4n) is 2.94. The van der Waals surface area contributed by atoms with Crippen molar-refractivity contribution in [2.45, 2.75) is 6.10 Å². The summed E-state index contributed by atoms with van der Waals surface area (Å²) >= 11 is 0. The normalized spacial score (nSPS) is 17.5. The Labute approximate surface area is 137 Å². The number of rotatable bonds is 3. The van der Waals surface area contributed by atoms with Crippen LogP contribution in [0.1, 0.15) is 0 Å². The van der Waals surface area contributed by atoms with E-state index in [4.69, 9.17) is 10.5 Å². The first kappa shape index (κ1) is 14.6. The molecule has 0 bridgehead atoms. The van der Waals surface area contributed by atoms with Crippen molar-refractivity contribution in [3.8, 4) is 11.1 Å². The first-order valence-corrected chi connectivity index (χ1v) is 7.57. The Morgan fingerprint density at radius 1 is 1.33 bits per heavy atom. The molecule has 1 fully saturated rings. The number of nitrogens with two attached hydrogens (primary N) is 1. The van der Waals surface area contributed by atoms with E-state index >= 15 is 0 Å². The van der Waals surface area contributed by atoms with Crippen LogP contribution >= 0.6 is 0 Å². The molecule has 0 spiro atoms. The fourth-order valence-corrected chi connectivity index (χ4v) is 2.94. The molecule has 122 valence electrons. The highest BCUT2D eigenvalue weighted by Gasteiger charge is 2.31. The third-order valence-electron chi connectivity index (χ3n) is 4.15. The van der Waals surface area contributed by atoms with Crippen LogP contribution in [0.2, 0.25) is 0 Å². The number of pyridine rings is 1. The summed E-state index contributed by atoms with van der Waals surface area (Å²) in [5, 5.41) is 0.841. The lowest BCUT2D eigenvalue weighted by Gasteiger charge is -2.14. The number of carbonyl (C=O) groups excluding carboxylic acids is 1. The maximum absolute atomic E-state index is 14.7. The highest BCUT2D eigenvalue weighted by molar-refractivity contribution is 5.94. The van der Waals surface area contributed by atoms with Crippen molar-refractivity contribution in [3.05, 3.63) is 48.5 Å². The van der Waals surface area contributed by atoms with E-state index in [0.717, 1.165) is 10.9 Å². The van der Waals surface area contributed by atoms with Gasteiger partial charge < -0.3 is 15.5 Å². The van der Waals surface area contributed by atoms with Crippen molar-refractivity contribution in [2.24, 2.45) is 5.73 Å². The average molecular weight is 326 g/mol. The van der Waals surface area contributed by atoms with Gasteiger partial charge in [-0.1, -0.05) is 0 Å². The number of carbonyl (C=O) groups is 1. The summed E-state index contributed by atoms with van der Waals surface area (Å²) in [4.78, 5) is 20.5. The molecule has 1 aliphatic rings. The maximum atomic E-state index is 14.7. The van der Waals surface area contributed by atoms with Crippen LogP contribution in [0.4, 0.5) is 14.9 Å². The molecule has 0 aliphatic carbocycles. The number of fused-ring (bicyclic) bond motifs is 1. The van der Waals surface area contributed by atoms with E-state index in [9.17, 15) is 9.18 Å². The Bertz CT molecular complexity index is 924. The summed E-state index contributed by atoms with van der Waals surface area (Å²) in [7, 11) is 0. The molecule has 1 saturated heterocycles. The van der Waals surface area contributed by atoms with Gasteiger partial charge in [0.15, 0.2) is 0 Å². The topological polar surface area (TPSA) is 84.2 Å². The number of anilines is 1. The third-order valence-corrected chi connectivity index (χ3v) is 4.15. The van der Waals surface area contributed by atoms with E-state index in [2.05, 4.69) is 9.97 Å². The van der Waals surface area contributed by atoms with Gasteiger partial charge >= 0.3 is 6.09 Å². The summed E-state index contributed by atoms with van der Waals surface area (Å²) in [5.41, 5.74) is 7.87. The average Bonchev–Trinajstić information content (AvgIpc) is 3.20. The van der Waals surface area contributed by atoms with E-state index in [-0.39, 0.29) is 12.6 Å². The molecule has 3 aromatic rings. The second-order valence-corrected chi connectivity index (χ2v) is 5.61. The van der Waals surface area contributed by atoms with E-state index in [1.54, 1.807) is 30.6 Å². The van der Waals surface area contributed by atoms with Crippen LogP contribution in [0, 0.1) is 5.82 Å². The smallest absolute Gasteiger partial charge is 0.414 e. The number of aromatic amines is 1. The van der Waals surface area contributed by atoms with Crippen LogP contribution in [0.5, 0.6) is 0 Å². The van der Waals surface area contributed by atoms with Crippen molar-refractivity contribution < 1.29 is 13.9 Å². The molecule has 1 aromatic carbocycles. The quantitative estimate of drug-likeness (QED) is 0.775. The van der Waals surface area contributed by atoms with Crippen LogP contribution in [0.25, 0.3) is 22.2 Å². The van der Waals surface area contributed by atoms with Gasteiger partial charge in [-0.15, -0.1) is 0 Å². The van der Waals surface area contributed by atoms with Crippen LogP contribution in [0.3, 0.4) is 0 Å². The molecule has 3 N–H and O–H groups in total. The number of hydrogen-bond acceptors (Lipinski definition) is 4. The van der Waals surface area contributed by atoms with Crippen molar-refractivity contribution in [3.63, 3.8) is 0 Å². The lowest BCUT2D eigenvalue weighted by molar-refractivity contribution is 0.145. The highest BCUT2D eigenvalue weighted by Crippen LogP contribution is 2.32. The largest absolute Gasteiger partial charge is 0.443 e. The molecule has 3 heterocycles. The lowest BCUT2D eigenvalue weighted by Crippen LogP contribution is -2.27. The van der Waals surface area contributed by atoms with Gasteiger partial charge in [0.1, 0.15) is 17.6 Å². The van der Waals surface area contributed by atoms with Gasteiger partial charge in [-0.25, -0.2) is 14.2 Å². The standard InChI is InChI=1S/C17H15FN4O2/c18-15-7-10(22-9-11(8-19)24-17(22)23)1-2-13(15)12-3-5-20-16-14(12)4-6-21-16/h1-7,11H,8-9,19H2,(H,20,21)/t11-/m0/s1. The Balaban J connectivity index is 1.73. The van der Waals surface area contributed by atoms with Gasteiger partial charge in [-0.3, -0.25) is 4.90 Å². The summed E-state index contributed by atoms with van der Waals surface area (Å²) in [6.45, 7) is 0.566. The minimum Gasteiger partial charge on any atom is -0.443 e. The molecule has 0 unspecified atom stereocenters. The van der Waals surface area contributed by atoms with Crippen molar-refractivity contribution in [1.82, 2.24) is 9.97 Å². The van der Waals surface area contributed by atoms with Crippen molar-refractivity contribution >= 4 is 22.8 Å². The molecule has 0 radical (unpaired) electrons. The van der Waals surface area contributed by atoms with Gasteiger partial charge in [-0.2, -0.15) is 0 Å². The second kappa shape index (κ2) is 5.61. The van der Waals surface area contributed by atoms with Crippen molar-refractivity contribution in [1.29, 1.82) is 0 Å². The maximum Gasteiger partial charge on any atom is 0.414 e. The number of amides is 1. The molecule has 1 amide bonds. The van der Waals surface area contributed by atoms with Gasteiger partial charge in [0.25, 0.3) is 0 Å². The molecule has 1 atom stereocenters. The SMILES string of the molecule is NC[C@H]1CN(c2ccc(-c3ccnc4[nH]ccc34)c(F)c2)C(=O)O1. The third kappa shape index (κ3) is 2.30. The zero-order valence-corrected chi connectivity index (χ0v) is 12.7. The van der Waals surface area contributed by atoms with Crippen LogP contribution < -0.4 is 10.6 Å². The molecule has 2 aromatic heterocycles. The highest BCUT2D eigenvalue weighted by atomic mass is 19.1. The number of benzene rings is 1. The number of ether oxygens (including phenoxy) is 1. The summed E-state index contributed by atoms with van der Waals surface area (Å²) in [6.07, 6.45) is 2.53. The van der Waals surface area contributed by atoms with E-state index in [1.807, 2.05) is 6.07 Å². The zero-order chi connectivity index (χ0) is 16.7. The summed E-state index contributed by atoms with van der Waals surface area (Å²) in [6, 6.07) is 8.33. The number of halogens is 1.